The van der Waals surface area contributed by atoms with Crippen LogP contribution >= 0.6 is 0 Å². The van der Waals surface area contributed by atoms with Gasteiger partial charge in [0.25, 0.3) is 5.91 Å². The molecule has 0 radical (unpaired) electrons. The molecule has 2 aliphatic heterocycles. The zero-order chi connectivity index (χ0) is 15.8. The zero-order valence-corrected chi connectivity index (χ0v) is 13.6. The Bertz CT molecular complexity index is 428. The van der Waals surface area contributed by atoms with Gasteiger partial charge in [0.05, 0.1) is 26.4 Å². The summed E-state index contributed by atoms with van der Waals surface area (Å²) in [7, 11) is 0. The van der Waals surface area contributed by atoms with Crippen LogP contribution in [0.4, 0.5) is 4.39 Å². The van der Waals surface area contributed by atoms with Gasteiger partial charge in [-0.1, -0.05) is 0 Å². The van der Waals surface area contributed by atoms with Crippen molar-refractivity contribution in [2.75, 3.05) is 46.0 Å². The summed E-state index contributed by atoms with van der Waals surface area (Å²) >= 11 is 0. The lowest BCUT2D eigenvalue weighted by atomic mass is 9.80. The van der Waals surface area contributed by atoms with E-state index in [9.17, 15) is 9.18 Å². The van der Waals surface area contributed by atoms with Crippen molar-refractivity contribution in [3.8, 4) is 0 Å². The first-order valence-corrected chi connectivity index (χ1v) is 8.38. The SMILES string of the molecule is CC(C)N1CCOCC2(CN(C(=O)C3(F)CCC3)CCO2)C1. The van der Waals surface area contributed by atoms with Gasteiger partial charge in [0.2, 0.25) is 0 Å². The van der Waals surface area contributed by atoms with E-state index in [0.29, 0.717) is 51.8 Å². The zero-order valence-electron chi connectivity index (χ0n) is 13.6. The van der Waals surface area contributed by atoms with Crippen LogP contribution in [0.25, 0.3) is 0 Å². The molecule has 6 heteroatoms. The highest BCUT2D eigenvalue weighted by Crippen LogP contribution is 2.38. The van der Waals surface area contributed by atoms with Crippen molar-refractivity contribution < 1.29 is 18.7 Å². The van der Waals surface area contributed by atoms with E-state index in [4.69, 9.17) is 9.47 Å². The van der Waals surface area contributed by atoms with E-state index in [2.05, 4.69) is 18.7 Å². The number of rotatable bonds is 2. The molecular formula is C16H27FN2O3. The van der Waals surface area contributed by atoms with Crippen molar-refractivity contribution in [1.29, 1.82) is 0 Å². The van der Waals surface area contributed by atoms with Gasteiger partial charge < -0.3 is 14.4 Å². The summed E-state index contributed by atoms with van der Waals surface area (Å²) in [5.41, 5.74) is -2.14. The van der Waals surface area contributed by atoms with Crippen molar-refractivity contribution in [3.05, 3.63) is 0 Å². The molecule has 1 aliphatic carbocycles. The highest BCUT2D eigenvalue weighted by molar-refractivity contribution is 5.86. The molecule has 22 heavy (non-hydrogen) atoms. The predicted molar refractivity (Wildman–Crippen MR) is 80.5 cm³/mol. The van der Waals surface area contributed by atoms with Crippen LogP contribution in [0, 0.1) is 0 Å². The van der Waals surface area contributed by atoms with Gasteiger partial charge in [-0.05, 0) is 33.1 Å². The Balaban J connectivity index is 1.71. The fraction of sp³-hybridized carbons (Fsp3) is 0.938. The maximum Gasteiger partial charge on any atom is 0.260 e. The fourth-order valence-electron chi connectivity index (χ4n) is 3.56. The molecule has 2 saturated heterocycles. The minimum Gasteiger partial charge on any atom is -0.377 e. The number of alkyl halides is 1. The van der Waals surface area contributed by atoms with E-state index < -0.39 is 11.3 Å². The quantitative estimate of drug-likeness (QED) is 0.768. The third-order valence-corrected chi connectivity index (χ3v) is 5.17. The number of ether oxygens (including phenoxy) is 2. The molecule has 3 rings (SSSR count). The molecule has 5 nitrogen and oxygen atoms in total. The molecule has 0 N–H and O–H groups in total. The molecule has 2 heterocycles. The van der Waals surface area contributed by atoms with Crippen molar-refractivity contribution >= 4 is 5.91 Å². The second-order valence-electron chi connectivity index (χ2n) is 7.19. The van der Waals surface area contributed by atoms with Gasteiger partial charge in [-0.3, -0.25) is 9.69 Å². The summed E-state index contributed by atoms with van der Waals surface area (Å²) in [5, 5.41) is 0. The van der Waals surface area contributed by atoms with E-state index >= 15 is 0 Å². The van der Waals surface area contributed by atoms with Crippen molar-refractivity contribution in [3.63, 3.8) is 0 Å². The molecule has 1 unspecified atom stereocenters. The molecule has 0 aromatic carbocycles. The van der Waals surface area contributed by atoms with Crippen LogP contribution in [-0.2, 0) is 14.3 Å². The van der Waals surface area contributed by atoms with E-state index in [1.54, 1.807) is 4.90 Å². The van der Waals surface area contributed by atoms with Gasteiger partial charge in [-0.2, -0.15) is 0 Å². The Kier molecular flexibility index (Phi) is 4.45. The highest BCUT2D eigenvalue weighted by Gasteiger charge is 2.50. The van der Waals surface area contributed by atoms with E-state index in [-0.39, 0.29) is 5.91 Å². The Morgan fingerprint density at radius 1 is 1.18 bits per heavy atom. The summed E-state index contributed by atoms with van der Waals surface area (Å²) in [6, 6.07) is 0.396. The topological polar surface area (TPSA) is 42.0 Å². The molecule has 0 aromatic heterocycles. The average molecular weight is 314 g/mol. The van der Waals surface area contributed by atoms with Gasteiger partial charge in [-0.15, -0.1) is 0 Å². The van der Waals surface area contributed by atoms with Crippen LogP contribution in [0.15, 0.2) is 0 Å². The smallest absolute Gasteiger partial charge is 0.260 e. The summed E-state index contributed by atoms with van der Waals surface area (Å²) in [6.45, 7) is 8.40. The molecular weight excluding hydrogens is 287 g/mol. The summed E-state index contributed by atoms with van der Waals surface area (Å²) in [5.74, 6) is -0.346. The lowest BCUT2D eigenvalue weighted by Gasteiger charge is -2.46. The summed E-state index contributed by atoms with van der Waals surface area (Å²) in [6.07, 6.45) is 1.54. The molecule has 0 aromatic rings. The molecule has 1 spiro atoms. The number of hydrogen-bond acceptors (Lipinski definition) is 4. The molecule has 3 aliphatic rings. The Morgan fingerprint density at radius 2 is 1.95 bits per heavy atom. The minimum atomic E-state index is -1.62. The van der Waals surface area contributed by atoms with E-state index in [0.717, 1.165) is 19.5 Å². The lowest BCUT2D eigenvalue weighted by Crippen LogP contribution is -2.63. The van der Waals surface area contributed by atoms with Gasteiger partial charge >= 0.3 is 0 Å². The van der Waals surface area contributed by atoms with Gasteiger partial charge in [-0.25, -0.2) is 4.39 Å². The normalized spacial score (nSPS) is 32.8. The second-order valence-corrected chi connectivity index (χ2v) is 7.19. The Hall–Kier alpha value is -0.720. The number of halogens is 1. The first-order chi connectivity index (χ1) is 10.4. The maximum atomic E-state index is 14.5. The average Bonchev–Trinajstić information content (AvgIpc) is 2.67. The number of amides is 1. The summed E-state index contributed by atoms with van der Waals surface area (Å²) < 4.78 is 26.2. The van der Waals surface area contributed by atoms with E-state index in [1.165, 1.54) is 0 Å². The minimum absolute atomic E-state index is 0.346. The first-order valence-electron chi connectivity index (χ1n) is 8.38. The number of nitrogens with zero attached hydrogens (tertiary/aromatic N) is 2. The van der Waals surface area contributed by atoms with Gasteiger partial charge in [0, 0.05) is 25.7 Å². The molecule has 1 atom stereocenters. The van der Waals surface area contributed by atoms with E-state index in [1.807, 2.05) is 0 Å². The standard InChI is InChI=1S/C16H27FN2O3/c1-13(2)18-6-8-21-12-15(10-18)11-19(7-9-22-15)14(20)16(17)4-3-5-16/h13H,3-12H2,1-2H3. The molecule has 126 valence electrons. The number of carbonyl (C=O) groups excluding carboxylic acids is 1. The van der Waals surface area contributed by atoms with Crippen molar-refractivity contribution in [2.45, 2.75) is 50.4 Å². The number of carbonyl (C=O) groups is 1. The summed E-state index contributed by atoms with van der Waals surface area (Å²) in [4.78, 5) is 16.4. The predicted octanol–water partition coefficient (Wildman–Crippen LogP) is 1.22. The molecule has 1 saturated carbocycles. The van der Waals surface area contributed by atoms with Crippen LogP contribution in [0.5, 0.6) is 0 Å². The van der Waals surface area contributed by atoms with Crippen molar-refractivity contribution in [2.24, 2.45) is 0 Å². The van der Waals surface area contributed by atoms with Crippen LogP contribution in [0.1, 0.15) is 33.1 Å². The van der Waals surface area contributed by atoms with Crippen LogP contribution in [-0.4, -0.2) is 79.0 Å². The molecule has 3 fully saturated rings. The van der Waals surface area contributed by atoms with Gasteiger partial charge in [0.15, 0.2) is 5.67 Å². The van der Waals surface area contributed by atoms with Gasteiger partial charge in [0.1, 0.15) is 5.60 Å². The van der Waals surface area contributed by atoms with Crippen LogP contribution in [0.2, 0.25) is 0 Å². The first kappa shape index (κ1) is 16.1. The van der Waals surface area contributed by atoms with Crippen LogP contribution < -0.4 is 0 Å². The molecule has 1 amide bonds. The third-order valence-electron chi connectivity index (χ3n) is 5.17. The number of hydrogen-bond donors (Lipinski definition) is 0. The fourth-order valence-corrected chi connectivity index (χ4v) is 3.56. The third kappa shape index (κ3) is 3.01. The highest BCUT2D eigenvalue weighted by atomic mass is 19.1. The second kappa shape index (κ2) is 6.06. The largest absolute Gasteiger partial charge is 0.377 e. The van der Waals surface area contributed by atoms with Crippen molar-refractivity contribution in [1.82, 2.24) is 9.80 Å². The molecule has 0 bridgehead atoms. The monoisotopic (exact) mass is 314 g/mol. The maximum absolute atomic E-state index is 14.5. The Morgan fingerprint density at radius 3 is 2.59 bits per heavy atom. The Labute approximate surface area is 131 Å². The lowest BCUT2D eigenvalue weighted by molar-refractivity contribution is -0.175. The van der Waals surface area contributed by atoms with Crippen LogP contribution in [0.3, 0.4) is 0 Å². The number of morpholine rings is 1.